The zero-order chi connectivity index (χ0) is 16.4. The number of phenols is 1. The summed E-state index contributed by atoms with van der Waals surface area (Å²) in [5.41, 5.74) is -1.19. The molecule has 0 fully saturated rings. The van der Waals surface area contributed by atoms with E-state index in [1.165, 1.54) is 0 Å². The number of carbonyl (C=O) groups is 1. The van der Waals surface area contributed by atoms with Gasteiger partial charge in [-0.25, -0.2) is 8.78 Å². The second-order valence-corrected chi connectivity index (χ2v) is 4.57. The number of hydrogen-bond donors (Lipinski definition) is 2. The predicted octanol–water partition coefficient (Wildman–Crippen LogP) is 3.48. The van der Waals surface area contributed by atoms with Crippen LogP contribution in [0.5, 0.6) is 5.75 Å². The van der Waals surface area contributed by atoms with Gasteiger partial charge in [-0.1, -0.05) is 11.6 Å². The maximum atomic E-state index is 13.7. The minimum absolute atomic E-state index is 0.338. The third-order valence-electron chi connectivity index (χ3n) is 2.69. The number of nitrogens with zero attached hydrogens (tertiary/aromatic N) is 1. The van der Waals surface area contributed by atoms with Gasteiger partial charge < -0.3 is 10.4 Å². The van der Waals surface area contributed by atoms with Crippen molar-refractivity contribution >= 4 is 28.9 Å². The van der Waals surface area contributed by atoms with Gasteiger partial charge in [0.1, 0.15) is 11.6 Å². The van der Waals surface area contributed by atoms with Crippen LogP contribution in [0.1, 0.15) is 10.4 Å². The Balaban J connectivity index is 2.30. The van der Waals surface area contributed by atoms with Crippen LogP contribution in [0.4, 0.5) is 20.2 Å². The van der Waals surface area contributed by atoms with Crippen LogP contribution in [0.3, 0.4) is 0 Å². The van der Waals surface area contributed by atoms with Crippen molar-refractivity contribution in [1.82, 2.24) is 0 Å². The Bertz CT molecular complexity index is 783. The molecule has 0 heterocycles. The lowest BCUT2D eigenvalue weighted by molar-refractivity contribution is -0.385. The van der Waals surface area contributed by atoms with Crippen molar-refractivity contribution in [1.29, 1.82) is 0 Å². The third kappa shape index (κ3) is 3.12. The SMILES string of the molecule is O=C(Nc1ccc([N+](=O)[O-])cc1F)c1cc(Cl)c(F)cc1O. The van der Waals surface area contributed by atoms with E-state index in [-0.39, 0.29) is 11.3 Å². The number of halogens is 3. The van der Waals surface area contributed by atoms with Gasteiger partial charge in [0, 0.05) is 12.1 Å². The number of hydrogen-bond acceptors (Lipinski definition) is 4. The van der Waals surface area contributed by atoms with E-state index in [9.17, 15) is 28.8 Å². The van der Waals surface area contributed by atoms with Crippen molar-refractivity contribution in [2.24, 2.45) is 0 Å². The molecule has 22 heavy (non-hydrogen) atoms. The average Bonchev–Trinajstić information content (AvgIpc) is 2.44. The molecule has 0 spiro atoms. The van der Waals surface area contributed by atoms with Crippen molar-refractivity contribution in [3.05, 3.63) is 62.7 Å². The number of non-ortho nitro benzene ring substituents is 1. The van der Waals surface area contributed by atoms with Crippen LogP contribution >= 0.6 is 11.6 Å². The topological polar surface area (TPSA) is 92.5 Å². The quantitative estimate of drug-likeness (QED) is 0.666. The number of nitrogens with one attached hydrogen (secondary N) is 1. The summed E-state index contributed by atoms with van der Waals surface area (Å²) in [6.07, 6.45) is 0. The fraction of sp³-hybridized carbons (Fsp3) is 0. The smallest absolute Gasteiger partial charge is 0.272 e. The molecule has 2 aromatic carbocycles. The summed E-state index contributed by atoms with van der Waals surface area (Å²) in [6, 6.07) is 4.14. The summed E-state index contributed by atoms with van der Waals surface area (Å²) in [5, 5.41) is 21.7. The first-order valence-corrected chi connectivity index (χ1v) is 6.10. The molecule has 0 atom stereocenters. The molecular weight excluding hydrogens is 322 g/mol. The fourth-order valence-corrected chi connectivity index (χ4v) is 1.79. The first kappa shape index (κ1) is 15.6. The molecule has 1 amide bonds. The fourth-order valence-electron chi connectivity index (χ4n) is 1.63. The van der Waals surface area contributed by atoms with Crippen LogP contribution in [0.2, 0.25) is 5.02 Å². The van der Waals surface area contributed by atoms with Crippen LogP contribution in [0.15, 0.2) is 30.3 Å². The molecule has 9 heteroatoms. The molecule has 0 aromatic heterocycles. The average molecular weight is 329 g/mol. The summed E-state index contributed by atoms with van der Waals surface area (Å²) in [4.78, 5) is 21.6. The van der Waals surface area contributed by atoms with Crippen molar-refractivity contribution < 1.29 is 23.6 Å². The summed E-state index contributed by atoms with van der Waals surface area (Å²) in [5.74, 6) is -3.58. The highest BCUT2D eigenvalue weighted by Gasteiger charge is 2.17. The molecule has 0 bridgehead atoms. The van der Waals surface area contributed by atoms with Gasteiger partial charge in [-0.05, 0) is 12.1 Å². The van der Waals surface area contributed by atoms with Gasteiger partial charge in [0.15, 0.2) is 5.82 Å². The lowest BCUT2D eigenvalue weighted by atomic mass is 10.1. The molecule has 0 unspecified atom stereocenters. The number of benzene rings is 2. The molecular formula is C13H7ClF2N2O4. The standard InChI is InChI=1S/C13H7ClF2N2O4/c14-8-4-7(12(19)5-9(8)15)13(20)17-11-2-1-6(18(21)22)3-10(11)16/h1-5,19H,(H,17,20). The Morgan fingerprint density at radius 1 is 1.23 bits per heavy atom. The van der Waals surface area contributed by atoms with E-state index in [1.807, 2.05) is 0 Å². The maximum absolute atomic E-state index is 13.7. The van der Waals surface area contributed by atoms with Gasteiger partial charge in [-0.3, -0.25) is 14.9 Å². The number of amides is 1. The molecule has 2 rings (SSSR count). The maximum Gasteiger partial charge on any atom is 0.272 e. The van der Waals surface area contributed by atoms with Gasteiger partial charge in [-0.2, -0.15) is 0 Å². The molecule has 0 aliphatic carbocycles. The van der Waals surface area contributed by atoms with E-state index in [0.29, 0.717) is 12.1 Å². The number of aromatic hydroxyl groups is 1. The number of carbonyl (C=O) groups excluding carboxylic acids is 1. The highest BCUT2D eigenvalue weighted by atomic mass is 35.5. The Kier molecular flexibility index (Phi) is 4.22. The van der Waals surface area contributed by atoms with Crippen LogP contribution in [0.25, 0.3) is 0 Å². The Morgan fingerprint density at radius 3 is 2.50 bits per heavy atom. The number of nitro groups is 1. The summed E-state index contributed by atoms with van der Waals surface area (Å²) in [6.45, 7) is 0. The highest BCUT2D eigenvalue weighted by molar-refractivity contribution is 6.31. The molecule has 0 aliphatic heterocycles. The monoisotopic (exact) mass is 328 g/mol. The van der Waals surface area contributed by atoms with Gasteiger partial charge in [0.2, 0.25) is 0 Å². The molecule has 0 saturated heterocycles. The lowest BCUT2D eigenvalue weighted by Crippen LogP contribution is -2.13. The molecule has 114 valence electrons. The Morgan fingerprint density at radius 2 is 1.91 bits per heavy atom. The van der Waals surface area contributed by atoms with Crippen molar-refractivity contribution in [3.63, 3.8) is 0 Å². The number of anilines is 1. The zero-order valence-corrected chi connectivity index (χ0v) is 11.4. The van der Waals surface area contributed by atoms with Crippen LogP contribution < -0.4 is 5.32 Å². The lowest BCUT2D eigenvalue weighted by Gasteiger charge is -2.08. The van der Waals surface area contributed by atoms with Crippen molar-refractivity contribution in [2.45, 2.75) is 0 Å². The number of rotatable bonds is 3. The van der Waals surface area contributed by atoms with E-state index in [2.05, 4.69) is 5.32 Å². The molecule has 0 radical (unpaired) electrons. The first-order valence-electron chi connectivity index (χ1n) is 5.73. The first-order chi connectivity index (χ1) is 10.3. The van der Waals surface area contributed by atoms with E-state index >= 15 is 0 Å². The predicted molar refractivity (Wildman–Crippen MR) is 74.1 cm³/mol. The van der Waals surface area contributed by atoms with Crippen molar-refractivity contribution in [2.75, 3.05) is 5.32 Å². The molecule has 2 aromatic rings. The zero-order valence-electron chi connectivity index (χ0n) is 10.6. The third-order valence-corrected chi connectivity index (χ3v) is 2.98. The van der Waals surface area contributed by atoms with Crippen LogP contribution in [-0.4, -0.2) is 15.9 Å². The van der Waals surface area contributed by atoms with E-state index in [4.69, 9.17) is 11.6 Å². The summed E-state index contributed by atoms with van der Waals surface area (Å²) < 4.78 is 26.7. The Labute approximate surface area is 127 Å². The molecule has 0 aliphatic rings. The number of nitro benzene ring substituents is 1. The van der Waals surface area contributed by atoms with E-state index < -0.39 is 38.9 Å². The second kappa shape index (κ2) is 5.94. The van der Waals surface area contributed by atoms with Gasteiger partial charge in [-0.15, -0.1) is 0 Å². The Hall–Kier alpha value is -2.74. The highest BCUT2D eigenvalue weighted by Crippen LogP contribution is 2.27. The minimum Gasteiger partial charge on any atom is -0.507 e. The van der Waals surface area contributed by atoms with Crippen LogP contribution in [0, 0.1) is 21.7 Å². The van der Waals surface area contributed by atoms with Gasteiger partial charge in [0.25, 0.3) is 11.6 Å². The summed E-state index contributed by atoms with van der Waals surface area (Å²) in [7, 11) is 0. The largest absolute Gasteiger partial charge is 0.507 e. The molecule has 6 nitrogen and oxygen atoms in total. The van der Waals surface area contributed by atoms with Crippen LogP contribution in [-0.2, 0) is 0 Å². The molecule has 0 saturated carbocycles. The van der Waals surface area contributed by atoms with Gasteiger partial charge >= 0.3 is 0 Å². The molecule has 2 N–H and O–H groups in total. The van der Waals surface area contributed by atoms with Gasteiger partial charge in [0.05, 0.1) is 27.3 Å². The number of phenolic OH excluding ortho intramolecular Hbond substituents is 1. The van der Waals surface area contributed by atoms with E-state index in [1.54, 1.807) is 0 Å². The van der Waals surface area contributed by atoms with Crippen molar-refractivity contribution in [3.8, 4) is 5.75 Å². The normalized spacial score (nSPS) is 10.3. The second-order valence-electron chi connectivity index (χ2n) is 4.16. The minimum atomic E-state index is -1.03. The van der Waals surface area contributed by atoms with E-state index in [0.717, 1.165) is 18.2 Å². The summed E-state index contributed by atoms with van der Waals surface area (Å²) >= 11 is 5.50.